The number of nitrogens with one attached hydrogen (secondary N) is 2. The highest BCUT2D eigenvalue weighted by Crippen LogP contribution is 2.16. The zero-order valence-corrected chi connectivity index (χ0v) is 13.8. The van der Waals surface area contributed by atoms with Crippen molar-refractivity contribution in [2.75, 3.05) is 13.6 Å². The molecule has 6 nitrogen and oxygen atoms in total. The number of thiazole rings is 1. The van der Waals surface area contributed by atoms with Gasteiger partial charge in [-0.25, -0.2) is 4.98 Å². The SMILES string of the molecule is CN=C(NCCn1cc(C)cn1)NCc1sc(C)nc1C. The number of guanidine groups is 1. The summed E-state index contributed by atoms with van der Waals surface area (Å²) in [5.41, 5.74) is 2.26. The first-order valence-corrected chi connectivity index (χ1v) is 7.76. The van der Waals surface area contributed by atoms with Crippen molar-refractivity contribution in [3.63, 3.8) is 0 Å². The number of rotatable bonds is 5. The molecule has 0 fully saturated rings. The summed E-state index contributed by atoms with van der Waals surface area (Å²) in [5.74, 6) is 0.796. The van der Waals surface area contributed by atoms with E-state index in [9.17, 15) is 0 Å². The van der Waals surface area contributed by atoms with Gasteiger partial charge in [0.25, 0.3) is 0 Å². The van der Waals surface area contributed by atoms with Crippen LogP contribution in [0.2, 0.25) is 0 Å². The van der Waals surface area contributed by atoms with Crippen molar-refractivity contribution in [2.24, 2.45) is 4.99 Å². The second-order valence-electron chi connectivity index (χ2n) is 4.87. The van der Waals surface area contributed by atoms with Crippen molar-refractivity contribution < 1.29 is 0 Å². The molecular formula is C14H22N6S. The molecule has 2 aromatic heterocycles. The summed E-state index contributed by atoms with van der Waals surface area (Å²) in [6.45, 7) is 8.44. The molecule has 7 heteroatoms. The van der Waals surface area contributed by atoms with Gasteiger partial charge in [0.15, 0.2) is 5.96 Å². The normalized spacial score (nSPS) is 11.7. The molecule has 0 radical (unpaired) electrons. The first-order chi connectivity index (χ1) is 10.1. The van der Waals surface area contributed by atoms with Gasteiger partial charge in [0.2, 0.25) is 0 Å². The van der Waals surface area contributed by atoms with Gasteiger partial charge in [-0.05, 0) is 26.3 Å². The number of aliphatic imine (C=N–C) groups is 1. The summed E-state index contributed by atoms with van der Waals surface area (Å²) < 4.78 is 1.92. The molecule has 2 rings (SSSR count). The maximum atomic E-state index is 4.43. The maximum Gasteiger partial charge on any atom is 0.191 e. The minimum Gasteiger partial charge on any atom is -0.355 e. The highest BCUT2D eigenvalue weighted by Gasteiger charge is 2.05. The topological polar surface area (TPSA) is 67.1 Å². The second kappa shape index (κ2) is 7.21. The number of aryl methyl sites for hydroxylation is 3. The average molecular weight is 306 g/mol. The van der Waals surface area contributed by atoms with Crippen LogP contribution < -0.4 is 10.6 Å². The van der Waals surface area contributed by atoms with Gasteiger partial charge in [-0.15, -0.1) is 11.3 Å². The summed E-state index contributed by atoms with van der Waals surface area (Å²) in [4.78, 5) is 9.90. The van der Waals surface area contributed by atoms with E-state index < -0.39 is 0 Å². The minimum absolute atomic E-state index is 0.748. The molecule has 0 aliphatic heterocycles. The predicted molar refractivity (Wildman–Crippen MR) is 86.8 cm³/mol. The lowest BCUT2D eigenvalue weighted by Crippen LogP contribution is -2.38. The second-order valence-corrected chi connectivity index (χ2v) is 6.16. The van der Waals surface area contributed by atoms with Crippen LogP contribution in [-0.4, -0.2) is 34.3 Å². The van der Waals surface area contributed by atoms with Crippen LogP contribution in [0.3, 0.4) is 0 Å². The van der Waals surface area contributed by atoms with Gasteiger partial charge >= 0.3 is 0 Å². The van der Waals surface area contributed by atoms with Gasteiger partial charge < -0.3 is 10.6 Å². The fraction of sp³-hybridized carbons (Fsp3) is 0.500. The molecule has 2 aromatic rings. The number of aromatic nitrogens is 3. The van der Waals surface area contributed by atoms with Gasteiger partial charge in [-0.1, -0.05) is 0 Å². The van der Waals surface area contributed by atoms with Crippen LogP contribution in [0.1, 0.15) is 21.1 Å². The van der Waals surface area contributed by atoms with Gasteiger partial charge in [0, 0.05) is 24.7 Å². The largest absolute Gasteiger partial charge is 0.355 e. The zero-order chi connectivity index (χ0) is 15.2. The fourth-order valence-electron chi connectivity index (χ4n) is 2.00. The van der Waals surface area contributed by atoms with Gasteiger partial charge in [0.1, 0.15) is 0 Å². The lowest BCUT2D eigenvalue weighted by Gasteiger charge is -2.11. The standard InChI is InChI=1S/C14H22N6S/c1-10-7-18-20(9-10)6-5-16-14(15-4)17-8-13-11(2)19-12(3)21-13/h7,9H,5-6,8H2,1-4H3,(H2,15,16,17). The van der Waals surface area contributed by atoms with E-state index in [-0.39, 0.29) is 0 Å². The monoisotopic (exact) mass is 306 g/mol. The van der Waals surface area contributed by atoms with Crippen LogP contribution in [0.25, 0.3) is 0 Å². The molecule has 0 spiro atoms. The first-order valence-electron chi connectivity index (χ1n) is 6.95. The molecule has 0 saturated heterocycles. The van der Waals surface area contributed by atoms with Gasteiger partial charge in [0.05, 0.1) is 30.0 Å². The number of hydrogen-bond donors (Lipinski definition) is 2. The summed E-state index contributed by atoms with van der Waals surface area (Å²) in [6.07, 6.45) is 3.89. The lowest BCUT2D eigenvalue weighted by atomic mass is 10.4. The molecule has 0 saturated carbocycles. The molecule has 0 unspecified atom stereocenters. The predicted octanol–water partition coefficient (Wildman–Crippen LogP) is 1.63. The maximum absolute atomic E-state index is 4.43. The molecule has 0 aliphatic rings. The van der Waals surface area contributed by atoms with E-state index in [0.29, 0.717) is 0 Å². The summed E-state index contributed by atoms with van der Waals surface area (Å²) in [7, 11) is 1.78. The summed E-state index contributed by atoms with van der Waals surface area (Å²) in [5, 5.41) is 12.0. The molecule has 2 heterocycles. The molecule has 0 aromatic carbocycles. The van der Waals surface area contributed by atoms with E-state index in [1.165, 1.54) is 10.4 Å². The molecule has 0 atom stereocenters. The molecule has 21 heavy (non-hydrogen) atoms. The van der Waals surface area contributed by atoms with Crippen LogP contribution in [0, 0.1) is 20.8 Å². The Balaban J connectivity index is 1.77. The van der Waals surface area contributed by atoms with Crippen LogP contribution in [-0.2, 0) is 13.1 Å². The fourth-order valence-corrected chi connectivity index (χ4v) is 2.88. The average Bonchev–Trinajstić information content (AvgIpc) is 2.99. The van der Waals surface area contributed by atoms with Crippen molar-refractivity contribution in [3.05, 3.63) is 33.5 Å². The van der Waals surface area contributed by atoms with Crippen molar-refractivity contribution >= 4 is 17.3 Å². The molecule has 0 amide bonds. The smallest absolute Gasteiger partial charge is 0.191 e. The first kappa shape index (κ1) is 15.5. The van der Waals surface area contributed by atoms with Crippen LogP contribution in [0.4, 0.5) is 0 Å². The molecule has 0 aliphatic carbocycles. The Bertz CT molecular complexity index is 613. The van der Waals surface area contributed by atoms with E-state index in [4.69, 9.17) is 0 Å². The minimum atomic E-state index is 0.748. The Hall–Kier alpha value is -1.89. The van der Waals surface area contributed by atoms with Crippen molar-refractivity contribution in [3.8, 4) is 0 Å². The Morgan fingerprint density at radius 3 is 2.71 bits per heavy atom. The van der Waals surface area contributed by atoms with E-state index in [0.717, 1.165) is 36.3 Å². The zero-order valence-electron chi connectivity index (χ0n) is 13.0. The van der Waals surface area contributed by atoms with Crippen LogP contribution >= 0.6 is 11.3 Å². The van der Waals surface area contributed by atoms with Crippen molar-refractivity contribution in [1.29, 1.82) is 0 Å². The number of nitrogens with zero attached hydrogens (tertiary/aromatic N) is 4. The quantitative estimate of drug-likeness (QED) is 0.651. The Morgan fingerprint density at radius 2 is 2.14 bits per heavy atom. The lowest BCUT2D eigenvalue weighted by molar-refractivity contribution is 0.597. The van der Waals surface area contributed by atoms with Crippen molar-refractivity contribution in [1.82, 2.24) is 25.4 Å². The van der Waals surface area contributed by atoms with Gasteiger partial charge in [-0.3, -0.25) is 9.67 Å². The third-order valence-electron chi connectivity index (χ3n) is 3.04. The Labute approximate surface area is 129 Å². The summed E-state index contributed by atoms with van der Waals surface area (Å²) in [6, 6.07) is 0. The third kappa shape index (κ3) is 4.56. The Morgan fingerprint density at radius 1 is 1.33 bits per heavy atom. The van der Waals surface area contributed by atoms with E-state index in [2.05, 4.69) is 25.7 Å². The van der Waals surface area contributed by atoms with E-state index >= 15 is 0 Å². The molecule has 2 N–H and O–H groups in total. The van der Waals surface area contributed by atoms with E-state index in [1.807, 2.05) is 37.8 Å². The number of hydrogen-bond acceptors (Lipinski definition) is 4. The van der Waals surface area contributed by atoms with Crippen LogP contribution in [0.15, 0.2) is 17.4 Å². The molecule has 114 valence electrons. The Kier molecular flexibility index (Phi) is 5.32. The molecule has 0 bridgehead atoms. The van der Waals surface area contributed by atoms with Crippen molar-refractivity contribution in [2.45, 2.75) is 33.9 Å². The highest BCUT2D eigenvalue weighted by molar-refractivity contribution is 7.11. The highest BCUT2D eigenvalue weighted by atomic mass is 32.1. The third-order valence-corrected chi connectivity index (χ3v) is 4.11. The van der Waals surface area contributed by atoms with Gasteiger partial charge in [-0.2, -0.15) is 5.10 Å². The van der Waals surface area contributed by atoms with Crippen LogP contribution in [0.5, 0.6) is 0 Å². The van der Waals surface area contributed by atoms with E-state index in [1.54, 1.807) is 18.4 Å². The summed E-state index contributed by atoms with van der Waals surface area (Å²) >= 11 is 1.72. The molecular weight excluding hydrogens is 284 g/mol.